The Balaban J connectivity index is 1.39. The van der Waals surface area contributed by atoms with Crippen LogP contribution < -0.4 is 0 Å². The highest BCUT2D eigenvalue weighted by Gasteiger charge is 2.22. The number of para-hydroxylation sites is 1. The zero-order valence-electron chi connectivity index (χ0n) is 19.1. The van der Waals surface area contributed by atoms with Crippen molar-refractivity contribution in [2.75, 3.05) is 26.7 Å². The van der Waals surface area contributed by atoms with E-state index in [1.807, 2.05) is 13.3 Å². The first-order valence-corrected chi connectivity index (χ1v) is 11.4. The van der Waals surface area contributed by atoms with Gasteiger partial charge >= 0.3 is 0 Å². The molecule has 4 heteroatoms. The quantitative estimate of drug-likeness (QED) is 0.387. The molecular weight excluding hydrogens is 392 g/mol. The van der Waals surface area contributed by atoms with Crippen molar-refractivity contribution in [1.82, 2.24) is 9.47 Å². The molecule has 0 radical (unpaired) electrons. The second-order valence-electron chi connectivity index (χ2n) is 8.95. The Labute approximate surface area is 189 Å². The molecule has 5 rings (SSSR count). The lowest BCUT2D eigenvalue weighted by Gasteiger charge is -2.37. The van der Waals surface area contributed by atoms with E-state index in [0.717, 1.165) is 29.4 Å². The van der Waals surface area contributed by atoms with E-state index in [1.165, 1.54) is 40.3 Å². The number of hydrogen-bond donors (Lipinski definition) is 0. The molecule has 0 aliphatic carbocycles. The zero-order chi connectivity index (χ0) is 22.1. The Morgan fingerprint density at radius 2 is 1.75 bits per heavy atom. The topological polar surface area (TPSA) is 32.9 Å². The van der Waals surface area contributed by atoms with Crippen LogP contribution in [0.5, 0.6) is 0 Å². The van der Waals surface area contributed by atoms with Gasteiger partial charge in [-0.05, 0) is 34.4 Å². The minimum absolute atomic E-state index is 0.558. The van der Waals surface area contributed by atoms with Gasteiger partial charge in [0, 0.05) is 56.4 Å². The molecule has 0 atom stereocenters. The number of rotatable bonds is 6. The van der Waals surface area contributed by atoms with Gasteiger partial charge in [-0.15, -0.1) is 0 Å². The second-order valence-corrected chi connectivity index (χ2v) is 8.95. The number of likely N-dealkylation sites (tertiary alicyclic amines) is 1. The van der Waals surface area contributed by atoms with Crippen LogP contribution >= 0.6 is 0 Å². The third kappa shape index (κ3) is 3.87. The molecule has 32 heavy (non-hydrogen) atoms. The van der Waals surface area contributed by atoms with E-state index in [0.29, 0.717) is 6.54 Å². The van der Waals surface area contributed by atoms with Gasteiger partial charge in [0.05, 0.1) is 18.0 Å². The van der Waals surface area contributed by atoms with Crippen molar-refractivity contribution >= 4 is 33.6 Å². The summed E-state index contributed by atoms with van der Waals surface area (Å²) in [6.45, 7) is 6.30. The lowest BCUT2D eigenvalue weighted by molar-refractivity contribution is 0.105. The second kappa shape index (κ2) is 8.71. The Morgan fingerprint density at radius 1 is 1.00 bits per heavy atom. The van der Waals surface area contributed by atoms with Crippen LogP contribution in [-0.4, -0.2) is 48.1 Å². The molecule has 0 amide bonds. The van der Waals surface area contributed by atoms with E-state index in [9.17, 15) is 0 Å². The standard InChI is InChI=1S/C28H30N4/c1-20-17-32(18-20)19-23-13-12-22(24-9-5-6-10-25(23)24)15-30-16-26(29-2)28-14-21-8-4-7-11-27(21)31(28)3/h4-15,20H,16-19H2,1-3H3. The Morgan fingerprint density at radius 3 is 2.50 bits per heavy atom. The van der Waals surface area contributed by atoms with E-state index in [2.05, 4.69) is 95.2 Å². The predicted octanol–water partition coefficient (Wildman–Crippen LogP) is 5.32. The van der Waals surface area contributed by atoms with Gasteiger partial charge in [0.15, 0.2) is 0 Å². The number of benzene rings is 3. The third-order valence-electron chi connectivity index (χ3n) is 6.57. The maximum absolute atomic E-state index is 4.80. The number of fused-ring (bicyclic) bond motifs is 2. The molecule has 0 N–H and O–H groups in total. The van der Waals surface area contributed by atoms with E-state index in [-0.39, 0.29) is 0 Å². The van der Waals surface area contributed by atoms with Gasteiger partial charge in [0.2, 0.25) is 0 Å². The van der Waals surface area contributed by atoms with Crippen LogP contribution in [0.15, 0.2) is 76.7 Å². The van der Waals surface area contributed by atoms with Crippen LogP contribution in [0, 0.1) is 5.92 Å². The van der Waals surface area contributed by atoms with Crippen molar-refractivity contribution in [2.45, 2.75) is 13.5 Å². The Kier molecular flexibility index (Phi) is 5.62. The number of nitrogens with zero attached hydrogens (tertiary/aromatic N) is 4. The first kappa shape index (κ1) is 20.7. The molecule has 162 valence electrons. The lowest BCUT2D eigenvalue weighted by atomic mass is 9.97. The fraction of sp³-hybridized carbons (Fsp3) is 0.286. The average molecular weight is 423 g/mol. The first-order valence-electron chi connectivity index (χ1n) is 11.4. The van der Waals surface area contributed by atoms with Crippen molar-refractivity contribution in [3.05, 3.63) is 83.6 Å². The summed E-state index contributed by atoms with van der Waals surface area (Å²) >= 11 is 0. The van der Waals surface area contributed by atoms with Crippen molar-refractivity contribution in [3.63, 3.8) is 0 Å². The van der Waals surface area contributed by atoms with E-state index < -0.39 is 0 Å². The largest absolute Gasteiger partial charge is 0.343 e. The fourth-order valence-electron chi connectivity index (χ4n) is 4.90. The summed E-state index contributed by atoms with van der Waals surface area (Å²) in [7, 11) is 3.95. The lowest BCUT2D eigenvalue weighted by Crippen LogP contribution is -2.44. The SMILES string of the molecule is CN=C(CN=Cc1ccc(CN2CC(C)C2)c2ccccc12)c1cc2ccccc2n1C. The molecule has 1 aromatic heterocycles. The summed E-state index contributed by atoms with van der Waals surface area (Å²) in [6, 6.07) is 23.8. The highest BCUT2D eigenvalue weighted by atomic mass is 15.2. The Hall–Kier alpha value is -3.24. The van der Waals surface area contributed by atoms with Crippen molar-refractivity contribution in [3.8, 4) is 0 Å². The van der Waals surface area contributed by atoms with Crippen LogP contribution in [0.2, 0.25) is 0 Å². The normalized spacial score (nSPS) is 15.8. The summed E-state index contributed by atoms with van der Waals surface area (Å²) in [5, 5.41) is 3.82. The van der Waals surface area contributed by atoms with Gasteiger partial charge in [-0.1, -0.05) is 61.5 Å². The van der Waals surface area contributed by atoms with Gasteiger partial charge in [0.25, 0.3) is 0 Å². The molecule has 0 unspecified atom stereocenters. The number of aromatic nitrogens is 1. The summed E-state index contributed by atoms with van der Waals surface area (Å²) in [6.07, 6.45) is 2.01. The van der Waals surface area contributed by atoms with Crippen molar-refractivity contribution in [1.29, 1.82) is 0 Å². The molecule has 1 saturated heterocycles. The fourth-order valence-corrected chi connectivity index (χ4v) is 4.90. The molecule has 1 aliphatic heterocycles. The van der Waals surface area contributed by atoms with Crippen LogP contribution in [0.4, 0.5) is 0 Å². The third-order valence-corrected chi connectivity index (χ3v) is 6.57. The van der Waals surface area contributed by atoms with E-state index >= 15 is 0 Å². The summed E-state index contributed by atoms with van der Waals surface area (Å²) in [5.74, 6) is 0.823. The molecule has 0 saturated carbocycles. The van der Waals surface area contributed by atoms with Crippen molar-refractivity contribution in [2.24, 2.45) is 23.0 Å². The molecule has 2 heterocycles. The summed E-state index contributed by atoms with van der Waals surface area (Å²) < 4.78 is 2.20. The van der Waals surface area contributed by atoms with Gasteiger partial charge in [-0.3, -0.25) is 14.9 Å². The highest BCUT2D eigenvalue weighted by Crippen LogP contribution is 2.26. The van der Waals surface area contributed by atoms with Crippen LogP contribution in [0.25, 0.3) is 21.7 Å². The molecular formula is C28H30N4. The number of hydrogen-bond acceptors (Lipinski definition) is 3. The van der Waals surface area contributed by atoms with Gasteiger partial charge in [-0.2, -0.15) is 0 Å². The number of aliphatic imine (C=N–C) groups is 2. The molecule has 3 aromatic carbocycles. The van der Waals surface area contributed by atoms with E-state index in [4.69, 9.17) is 4.99 Å². The van der Waals surface area contributed by atoms with Gasteiger partial charge in [-0.25, -0.2) is 0 Å². The summed E-state index contributed by atoms with van der Waals surface area (Å²) in [4.78, 5) is 11.9. The maximum Gasteiger partial charge on any atom is 0.0828 e. The molecule has 0 bridgehead atoms. The molecule has 1 aliphatic rings. The summed E-state index contributed by atoms with van der Waals surface area (Å²) in [5.41, 5.74) is 5.89. The minimum atomic E-state index is 0.558. The maximum atomic E-state index is 4.80. The average Bonchev–Trinajstić information content (AvgIpc) is 3.13. The van der Waals surface area contributed by atoms with Crippen molar-refractivity contribution < 1.29 is 0 Å². The molecule has 4 aromatic rings. The predicted molar refractivity (Wildman–Crippen MR) is 136 cm³/mol. The first-order chi connectivity index (χ1) is 15.6. The minimum Gasteiger partial charge on any atom is -0.343 e. The molecule has 1 fully saturated rings. The smallest absolute Gasteiger partial charge is 0.0828 e. The highest BCUT2D eigenvalue weighted by molar-refractivity contribution is 6.06. The van der Waals surface area contributed by atoms with Crippen LogP contribution in [0.1, 0.15) is 23.7 Å². The van der Waals surface area contributed by atoms with Crippen LogP contribution in [0.3, 0.4) is 0 Å². The molecule has 4 nitrogen and oxygen atoms in total. The zero-order valence-corrected chi connectivity index (χ0v) is 19.1. The van der Waals surface area contributed by atoms with Gasteiger partial charge in [0.1, 0.15) is 0 Å². The van der Waals surface area contributed by atoms with Gasteiger partial charge < -0.3 is 4.57 Å². The van der Waals surface area contributed by atoms with Crippen LogP contribution in [-0.2, 0) is 13.6 Å². The number of aryl methyl sites for hydroxylation is 1. The van der Waals surface area contributed by atoms with E-state index in [1.54, 1.807) is 0 Å². The Bertz CT molecular complexity index is 1320. The monoisotopic (exact) mass is 422 g/mol. The molecule has 0 spiro atoms.